The summed E-state index contributed by atoms with van der Waals surface area (Å²) in [5, 5.41) is 12.2. The van der Waals surface area contributed by atoms with Crippen molar-refractivity contribution >= 4 is 23.4 Å². The Balaban J connectivity index is 3.06. The van der Waals surface area contributed by atoms with E-state index in [2.05, 4.69) is 18.3 Å². The molecule has 0 bridgehead atoms. The van der Waals surface area contributed by atoms with Crippen molar-refractivity contribution in [2.75, 3.05) is 30.3 Å². The predicted octanol–water partition coefficient (Wildman–Crippen LogP) is 2.63. The number of thioether (sulfide) groups is 1. The molecule has 5 heteroatoms. The Kier molecular flexibility index (Phi) is 6.96. The molecular formula is C15H21N3OS. The SMILES string of the molecule is CCNC(=O)CN(CC)c1cccc(SCC)c1C#N. The second-order valence-corrected chi connectivity index (χ2v) is 5.47. The monoisotopic (exact) mass is 291 g/mol. The van der Waals surface area contributed by atoms with Crippen molar-refractivity contribution in [1.82, 2.24) is 5.32 Å². The highest BCUT2D eigenvalue weighted by molar-refractivity contribution is 7.99. The first-order valence-corrected chi connectivity index (χ1v) is 7.83. The van der Waals surface area contributed by atoms with Crippen LogP contribution < -0.4 is 10.2 Å². The average molecular weight is 291 g/mol. The normalized spacial score (nSPS) is 9.90. The van der Waals surface area contributed by atoms with Crippen LogP contribution in [0.25, 0.3) is 0 Å². The van der Waals surface area contributed by atoms with Gasteiger partial charge in [0.15, 0.2) is 0 Å². The van der Waals surface area contributed by atoms with Gasteiger partial charge >= 0.3 is 0 Å². The number of nitrogens with one attached hydrogen (secondary N) is 1. The summed E-state index contributed by atoms with van der Waals surface area (Å²) >= 11 is 1.65. The fourth-order valence-corrected chi connectivity index (χ4v) is 2.75. The molecule has 1 N–H and O–H groups in total. The Bertz CT molecular complexity index is 496. The first kappa shape index (κ1) is 16.4. The second kappa shape index (κ2) is 8.49. The van der Waals surface area contributed by atoms with Crippen LogP contribution in [0.4, 0.5) is 5.69 Å². The van der Waals surface area contributed by atoms with Crippen molar-refractivity contribution in [3.05, 3.63) is 23.8 Å². The Labute approximate surface area is 125 Å². The van der Waals surface area contributed by atoms with Crippen LogP contribution in [0.2, 0.25) is 0 Å². The molecule has 0 spiro atoms. The van der Waals surface area contributed by atoms with Gasteiger partial charge in [0.1, 0.15) is 6.07 Å². The van der Waals surface area contributed by atoms with E-state index in [-0.39, 0.29) is 12.5 Å². The summed E-state index contributed by atoms with van der Waals surface area (Å²) in [6.45, 7) is 7.52. The van der Waals surface area contributed by atoms with Crippen LogP contribution in [-0.4, -0.2) is 31.3 Å². The Morgan fingerprint density at radius 3 is 2.70 bits per heavy atom. The summed E-state index contributed by atoms with van der Waals surface area (Å²) in [6, 6.07) is 8.07. The molecule has 1 aromatic carbocycles. The number of hydrogen-bond donors (Lipinski definition) is 1. The zero-order chi connectivity index (χ0) is 15.0. The molecule has 0 aliphatic rings. The summed E-state index contributed by atoms with van der Waals surface area (Å²) in [4.78, 5) is 14.7. The summed E-state index contributed by atoms with van der Waals surface area (Å²) in [5.74, 6) is 0.896. The summed E-state index contributed by atoms with van der Waals surface area (Å²) in [7, 11) is 0. The highest BCUT2D eigenvalue weighted by atomic mass is 32.2. The van der Waals surface area contributed by atoms with Crippen molar-refractivity contribution in [2.24, 2.45) is 0 Å². The van der Waals surface area contributed by atoms with E-state index in [1.54, 1.807) is 11.8 Å². The lowest BCUT2D eigenvalue weighted by Gasteiger charge is -2.24. The molecule has 0 aliphatic carbocycles. The van der Waals surface area contributed by atoms with E-state index in [1.165, 1.54) is 0 Å². The van der Waals surface area contributed by atoms with Gasteiger partial charge in [-0.1, -0.05) is 13.0 Å². The minimum atomic E-state index is -0.0215. The standard InChI is InChI=1S/C15H21N3OS/c1-4-17-15(19)11-18(5-2)13-8-7-9-14(20-6-3)12(13)10-16/h7-9H,4-6,11H2,1-3H3,(H,17,19). The number of benzene rings is 1. The van der Waals surface area contributed by atoms with Crippen molar-refractivity contribution in [1.29, 1.82) is 5.26 Å². The third kappa shape index (κ3) is 4.17. The molecule has 108 valence electrons. The number of nitrogens with zero attached hydrogens (tertiary/aromatic N) is 2. The summed E-state index contributed by atoms with van der Waals surface area (Å²) in [5.41, 5.74) is 1.49. The van der Waals surface area contributed by atoms with Gasteiger partial charge in [-0.2, -0.15) is 5.26 Å². The number of rotatable bonds is 7. The van der Waals surface area contributed by atoms with Crippen LogP contribution in [0, 0.1) is 11.3 Å². The molecule has 0 radical (unpaired) electrons. The number of likely N-dealkylation sites (N-methyl/N-ethyl adjacent to an activating group) is 2. The van der Waals surface area contributed by atoms with Crippen molar-refractivity contribution in [3.63, 3.8) is 0 Å². The molecule has 0 saturated carbocycles. The van der Waals surface area contributed by atoms with E-state index >= 15 is 0 Å². The van der Waals surface area contributed by atoms with Crippen LogP contribution in [0.3, 0.4) is 0 Å². The van der Waals surface area contributed by atoms with E-state index in [1.807, 2.05) is 36.9 Å². The van der Waals surface area contributed by atoms with E-state index in [9.17, 15) is 10.1 Å². The highest BCUT2D eigenvalue weighted by Gasteiger charge is 2.15. The Morgan fingerprint density at radius 2 is 2.15 bits per heavy atom. The van der Waals surface area contributed by atoms with Crippen molar-refractivity contribution in [2.45, 2.75) is 25.7 Å². The van der Waals surface area contributed by atoms with Crippen LogP contribution in [0.15, 0.2) is 23.1 Å². The molecule has 0 atom stereocenters. The molecule has 0 aliphatic heterocycles. The quantitative estimate of drug-likeness (QED) is 0.785. The summed E-state index contributed by atoms with van der Waals surface area (Å²) < 4.78 is 0. The number of carbonyl (C=O) groups excluding carboxylic acids is 1. The number of nitriles is 1. The molecule has 4 nitrogen and oxygen atoms in total. The summed E-state index contributed by atoms with van der Waals surface area (Å²) in [6.07, 6.45) is 0. The van der Waals surface area contributed by atoms with Gasteiger partial charge < -0.3 is 10.2 Å². The first-order valence-electron chi connectivity index (χ1n) is 6.85. The lowest BCUT2D eigenvalue weighted by atomic mass is 10.1. The maximum absolute atomic E-state index is 11.8. The average Bonchev–Trinajstić information content (AvgIpc) is 2.45. The van der Waals surface area contributed by atoms with Crippen LogP contribution in [-0.2, 0) is 4.79 Å². The molecule has 20 heavy (non-hydrogen) atoms. The smallest absolute Gasteiger partial charge is 0.239 e. The van der Waals surface area contributed by atoms with Crippen LogP contribution >= 0.6 is 11.8 Å². The minimum absolute atomic E-state index is 0.0215. The molecule has 1 rings (SSSR count). The maximum atomic E-state index is 11.8. The van der Waals surface area contributed by atoms with Gasteiger partial charge in [-0.05, 0) is 31.7 Å². The topological polar surface area (TPSA) is 56.1 Å². The first-order chi connectivity index (χ1) is 9.67. The highest BCUT2D eigenvalue weighted by Crippen LogP contribution is 2.30. The number of carbonyl (C=O) groups is 1. The van der Waals surface area contributed by atoms with Gasteiger partial charge in [0.2, 0.25) is 5.91 Å². The maximum Gasteiger partial charge on any atom is 0.239 e. The zero-order valence-electron chi connectivity index (χ0n) is 12.3. The fraction of sp³-hybridized carbons (Fsp3) is 0.467. The third-order valence-electron chi connectivity index (χ3n) is 2.85. The molecule has 0 aromatic heterocycles. The van der Waals surface area contributed by atoms with Gasteiger partial charge in [-0.15, -0.1) is 11.8 Å². The molecule has 0 unspecified atom stereocenters. The molecule has 1 amide bonds. The van der Waals surface area contributed by atoms with Gasteiger partial charge in [-0.25, -0.2) is 0 Å². The van der Waals surface area contributed by atoms with E-state index < -0.39 is 0 Å². The van der Waals surface area contributed by atoms with Crippen LogP contribution in [0.1, 0.15) is 26.3 Å². The predicted molar refractivity (Wildman–Crippen MR) is 84.1 cm³/mol. The number of hydrogen-bond acceptors (Lipinski definition) is 4. The third-order valence-corrected chi connectivity index (χ3v) is 3.79. The molecule has 0 saturated heterocycles. The van der Waals surface area contributed by atoms with Crippen molar-refractivity contribution in [3.8, 4) is 6.07 Å². The lowest BCUT2D eigenvalue weighted by molar-refractivity contribution is -0.119. The minimum Gasteiger partial charge on any atom is -0.361 e. The Morgan fingerprint density at radius 1 is 1.40 bits per heavy atom. The Hall–Kier alpha value is -1.67. The fourth-order valence-electron chi connectivity index (χ4n) is 1.96. The molecule has 0 heterocycles. The van der Waals surface area contributed by atoms with Crippen molar-refractivity contribution < 1.29 is 4.79 Å². The zero-order valence-corrected chi connectivity index (χ0v) is 13.1. The molecule has 1 aromatic rings. The lowest BCUT2D eigenvalue weighted by Crippen LogP contribution is -2.37. The van der Waals surface area contributed by atoms with Gasteiger partial charge in [-0.3, -0.25) is 4.79 Å². The van der Waals surface area contributed by atoms with E-state index in [0.29, 0.717) is 18.7 Å². The van der Waals surface area contributed by atoms with E-state index in [4.69, 9.17) is 0 Å². The number of amides is 1. The van der Waals surface area contributed by atoms with E-state index in [0.717, 1.165) is 16.3 Å². The van der Waals surface area contributed by atoms with Gasteiger partial charge in [0.25, 0.3) is 0 Å². The number of anilines is 1. The van der Waals surface area contributed by atoms with Gasteiger partial charge in [0.05, 0.1) is 17.8 Å². The van der Waals surface area contributed by atoms with Gasteiger partial charge in [0, 0.05) is 18.0 Å². The largest absolute Gasteiger partial charge is 0.361 e. The molecular weight excluding hydrogens is 270 g/mol. The second-order valence-electron chi connectivity index (χ2n) is 4.16. The van der Waals surface area contributed by atoms with Crippen LogP contribution in [0.5, 0.6) is 0 Å². The molecule has 0 fully saturated rings.